The van der Waals surface area contributed by atoms with E-state index in [1.165, 1.54) is 43.8 Å². The van der Waals surface area contributed by atoms with Crippen molar-refractivity contribution in [3.05, 3.63) is 63.7 Å². The van der Waals surface area contributed by atoms with Gasteiger partial charge in [-0.3, -0.25) is 4.79 Å². The van der Waals surface area contributed by atoms with Gasteiger partial charge < -0.3 is 19.3 Å². The standard InChI is InChI=1S/C23H19N3O6S/c1-11-5-6-18(33-11)17-10-16(19-12(2)26-32-21(19)25-17)20(27)24-15-8-13(22(28)30-3)7-14(9-15)23(29)31-4/h5-10H,1-4H3,(H,24,27). The number of hydrogen-bond donors (Lipinski definition) is 1. The van der Waals surface area contributed by atoms with Gasteiger partial charge in [-0.15, -0.1) is 11.3 Å². The van der Waals surface area contributed by atoms with Crippen molar-refractivity contribution in [2.45, 2.75) is 13.8 Å². The highest BCUT2D eigenvalue weighted by Gasteiger charge is 2.21. The van der Waals surface area contributed by atoms with Gasteiger partial charge in [-0.2, -0.15) is 0 Å². The first kappa shape index (κ1) is 22.2. The van der Waals surface area contributed by atoms with E-state index >= 15 is 0 Å². The van der Waals surface area contributed by atoms with E-state index in [0.29, 0.717) is 22.3 Å². The molecule has 0 saturated heterocycles. The minimum Gasteiger partial charge on any atom is -0.465 e. The zero-order valence-electron chi connectivity index (χ0n) is 18.2. The van der Waals surface area contributed by atoms with Crippen LogP contribution in [0.5, 0.6) is 0 Å². The molecule has 0 unspecified atom stereocenters. The highest BCUT2D eigenvalue weighted by atomic mass is 32.1. The molecule has 1 N–H and O–H groups in total. The molecule has 0 spiro atoms. The van der Waals surface area contributed by atoms with Gasteiger partial charge in [0, 0.05) is 10.6 Å². The van der Waals surface area contributed by atoms with Gasteiger partial charge in [-0.25, -0.2) is 14.6 Å². The fraction of sp³-hybridized carbons (Fsp3) is 0.174. The summed E-state index contributed by atoms with van der Waals surface area (Å²) in [5.41, 5.74) is 2.01. The maximum Gasteiger partial charge on any atom is 0.337 e. The average molecular weight is 465 g/mol. The third-order valence-electron chi connectivity index (χ3n) is 4.89. The molecule has 0 saturated carbocycles. The number of anilines is 1. The zero-order valence-corrected chi connectivity index (χ0v) is 19.0. The molecule has 0 aliphatic heterocycles. The van der Waals surface area contributed by atoms with Crippen molar-refractivity contribution in [1.29, 1.82) is 0 Å². The normalized spacial score (nSPS) is 10.8. The monoisotopic (exact) mass is 465 g/mol. The average Bonchev–Trinajstić information content (AvgIpc) is 3.42. The number of carbonyl (C=O) groups excluding carboxylic acids is 3. The van der Waals surface area contributed by atoms with Crippen molar-refractivity contribution in [3.63, 3.8) is 0 Å². The van der Waals surface area contributed by atoms with Crippen LogP contribution in [0.1, 0.15) is 41.6 Å². The van der Waals surface area contributed by atoms with Gasteiger partial charge >= 0.3 is 11.9 Å². The molecule has 0 radical (unpaired) electrons. The largest absolute Gasteiger partial charge is 0.465 e. The van der Waals surface area contributed by atoms with Crippen LogP contribution in [0, 0.1) is 13.8 Å². The van der Waals surface area contributed by atoms with Crippen LogP contribution < -0.4 is 5.32 Å². The summed E-state index contributed by atoms with van der Waals surface area (Å²) in [7, 11) is 2.45. The molecule has 0 aliphatic rings. The van der Waals surface area contributed by atoms with Crippen LogP contribution in [0.4, 0.5) is 5.69 Å². The molecule has 0 atom stereocenters. The lowest BCUT2D eigenvalue weighted by molar-refractivity contribution is 0.0599. The number of thiophene rings is 1. The van der Waals surface area contributed by atoms with Crippen molar-refractivity contribution in [3.8, 4) is 10.6 Å². The Morgan fingerprint density at radius 3 is 2.21 bits per heavy atom. The Labute approximate surface area is 192 Å². The number of amides is 1. The number of pyridine rings is 1. The van der Waals surface area contributed by atoms with Crippen molar-refractivity contribution < 1.29 is 28.4 Å². The number of esters is 2. The van der Waals surface area contributed by atoms with Gasteiger partial charge in [-0.1, -0.05) is 5.16 Å². The van der Waals surface area contributed by atoms with Crippen molar-refractivity contribution in [1.82, 2.24) is 10.1 Å². The molecule has 0 aliphatic carbocycles. The number of benzene rings is 1. The van der Waals surface area contributed by atoms with Gasteiger partial charge in [0.2, 0.25) is 0 Å². The lowest BCUT2D eigenvalue weighted by atomic mass is 10.1. The first-order valence-corrected chi connectivity index (χ1v) is 10.6. The summed E-state index contributed by atoms with van der Waals surface area (Å²) in [6.07, 6.45) is 0. The van der Waals surface area contributed by atoms with Crippen LogP contribution in [0.3, 0.4) is 0 Å². The number of aromatic nitrogens is 2. The second-order valence-electron chi connectivity index (χ2n) is 7.15. The fourth-order valence-corrected chi connectivity index (χ4v) is 4.17. The van der Waals surface area contributed by atoms with Crippen LogP contribution in [0.15, 0.2) is 40.9 Å². The second-order valence-corrected chi connectivity index (χ2v) is 8.44. The highest BCUT2D eigenvalue weighted by molar-refractivity contribution is 7.15. The van der Waals surface area contributed by atoms with Crippen LogP contribution in [-0.2, 0) is 9.47 Å². The summed E-state index contributed by atoms with van der Waals surface area (Å²) in [6.45, 7) is 3.69. The van der Waals surface area contributed by atoms with Crippen LogP contribution in [0.2, 0.25) is 0 Å². The predicted molar refractivity (Wildman–Crippen MR) is 122 cm³/mol. The van der Waals surface area contributed by atoms with Gasteiger partial charge in [0.1, 0.15) is 0 Å². The third kappa shape index (κ3) is 4.33. The maximum absolute atomic E-state index is 13.3. The number of nitrogens with zero attached hydrogens (tertiary/aromatic N) is 2. The summed E-state index contributed by atoms with van der Waals surface area (Å²) in [4.78, 5) is 43.9. The summed E-state index contributed by atoms with van der Waals surface area (Å²) >= 11 is 1.54. The Balaban J connectivity index is 1.78. The Morgan fingerprint density at radius 1 is 0.970 bits per heavy atom. The number of hydrogen-bond acceptors (Lipinski definition) is 9. The first-order chi connectivity index (χ1) is 15.8. The van der Waals surface area contributed by atoms with Crippen LogP contribution in [-0.4, -0.2) is 42.2 Å². The molecular formula is C23H19N3O6S. The maximum atomic E-state index is 13.3. The molecule has 1 amide bonds. The lowest BCUT2D eigenvalue weighted by Gasteiger charge is -2.11. The number of ether oxygens (including phenoxy) is 2. The van der Waals surface area contributed by atoms with Gasteiger partial charge in [0.05, 0.1) is 52.6 Å². The second kappa shape index (κ2) is 8.83. The van der Waals surface area contributed by atoms with Crippen molar-refractivity contribution in [2.24, 2.45) is 0 Å². The number of carbonyl (C=O) groups is 3. The summed E-state index contributed by atoms with van der Waals surface area (Å²) in [6, 6.07) is 9.71. The third-order valence-corrected chi connectivity index (χ3v) is 5.91. The van der Waals surface area contributed by atoms with Gasteiger partial charge in [0.25, 0.3) is 11.6 Å². The Kier molecular flexibility index (Phi) is 5.93. The molecular weight excluding hydrogens is 446 g/mol. The highest BCUT2D eigenvalue weighted by Crippen LogP contribution is 2.31. The Morgan fingerprint density at radius 2 is 1.64 bits per heavy atom. The van der Waals surface area contributed by atoms with Crippen LogP contribution in [0.25, 0.3) is 21.7 Å². The van der Waals surface area contributed by atoms with E-state index < -0.39 is 17.8 Å². The first-order valence-electron chi connectivity index (χ1n) is 9.77. The van der Waals surface area contributed by atoms with E-state index in [0.717, 1.165) is 9.75 Å². The van der Waals surface area contributed by atoms with E-state index in [1.54, 1.807) is 13.0 Å². The minimum atomic E-state index is -0.659. The van der Waals surface area contributed by atoms with E-state index in [4.69, 9.17) is 14.0 Å². The van der Waals surface area contributed by atoms with Crippen LogP contribution >= 0.6 is 11.3 Å². The van der Waals surface area contributed by atoms with E-state index in [9.17, 15) is 14.4 Å². The molecule has 33 heavy (non-hydrogen) atoms. The zero-order chi connectivity index (χ0) is 23.7. The Hall–Kier alpha value is -4.05. The SMILES string of the molecule is COC(=O)c1cc(NC(=O)c2cc(-c3ccc(C)s3)nc3onc(C)c23)cc(C(=O)OC)c1. The summed E-state index contributed by atoms with van der Waals surface area (Å²) < 4.78 is 14.8. The van der Waals surface area contributed by atoms with E-state index in [2.05, 4.69) is 15.5 Å². The van der Waals surface area contributed by atoms with Gasteiger partial charge in [-0.05, 0) is 50.2 Å². The fourth-order valence-electron chi connectivity index (χ4n) is 3.34. The quantitative estimate of drug-likeness (QED) is 0.431. The molecule has 168 valence electrons. The number of aryl methyl sites for hydroxylation is 2. The molecule has 9 nitrogen and oxygen atoms in total. The summed E-state index contributed by atoms with van der Waals surface area (Å²) in [5.74, 6) is -1.80. The van der Waals surface area contributed by atoms with Crippen molar-refractivity contribution >= 4 is 46.0 Å². The topological polar surface area (TPSA) is 121 Å². The molecule has 3 heterocycles. The molecule has 1 aromatic carbocycles. The lowest BCUT2D eigenvalue weighted by Crippen LogP contribution is -2.15. The molecule has 0 bridgehead atoms. The molecule has 4 rings (SSSR count). The number of fused-ring (bicyclic) bond motifs is 1. The Bertz CT molecular complexity index is 1370. The van der Waals surface area contributed by atoms with Gasteiger partial charge in [0.15, 0.2) is 0 Å². The van der Waals surface area contributed by atoms with E-state index in [-0.39, 0.29) is 22.5 Å². The summed E-state index contributed by atoms with van der Waals surface area (Å²) in [5, 5.41) is 7.16. The molecule has 10 heteroatoms. The smallest absolute Gasteiger partial charge is 0.337 e. The molecule has 3 aromatic heterocycles. The molecule has 4 aromatic rings. The number of nitrogens with one attached hydrogen (secondary N) is 1. The van der Waals surface area contributed by atoms with E-state index in [1.807, 2.05) is 19.1 Å². The minimum absolute atomic E-state index is 0.0893. The van der Waals surface area contributed by atoms with Crippen molar-refractivity contribution in [2.75, 3.05) is 19.5 Å². The molecule has 0 fully saturated rings. The number of rotatable bonds is 5. The number of methoxy groups -OCH3 is 2. The predicted octanol–water partition coefficient (Wildman–Crippen LogP) is 4.39.